The van der Waals surface area contributed by atoms with Crippen molar-refractivity contribution in [1.29, 1.82) is 0 Å². The summed E-state index contributed by atoms with van der Waals surface area (Å²) < 4.78 is 28.0. The number of nitrogens with one attached hydrogen (secondary N) is 2. The van der Waals surface area contributed by atoms with Crippen LogP contribution in [-0.4, -0.2) is 33.3 Å². The van der Waals surface area contributed by atoms with E-state index in [1.54, 1.807) is 62.8 Å². The van der Waals surface area contributed by atoms with Crippen LogP contribution in [0.25, 0.3) is 10.8 Å². The summed E-state index contributed by atoms with van der Waals surface area (Å²) in [6.45, 7) is 3.55. The fraction of sp³-hybridized carbons (Fsp3) is 0.0741. The van der Waals surface area contributed by atoms with E-state index in [4.69, 9.17) is 5.73 Å². The summed E-state index contributed by atoms with van der Waals surface area (Å²) in [5.41, 5.74) is 9.07. The summed E-state index contributed by atoms with van der Waals surface area (Å²) in [5, 5.41) is 4.87. The number of fused-ring (bicyclic) bond motifs is 1. The molecule has 0 aliphatic heterocycles. The van der Waals surface area contributed by atoms with Crippen LogP contribution >= 0.6 is 0 Å². The predicted molar refractivity (Wildman–Crippen MR) is 146 cm³/mol. The smallest absolute Gasteiger partial charge is 0.264 e. The van der Waals surface area contributed by atoms with Crippen molar-refractivity contribution >= 4 is 44.1 Å². The number of nitrogens with zero attached hydrogens (tertiary/aromatic N) is 5. The fourth-order valence-electron chi connectivity index (χ4n) is 3.70. The summed E-state index contributed by atoms with van der Waals surface area (Å²) in [7, 11) is -3.86. The van der Waals surface area contributed by atoms with Crippen LogP contribution < -0.4 is 15.8 Å². The number of sulfonamides is 1. The second-order valence-electron chi connectivity index (χ2n) is 8.37. The quantitative estimate of drug-likeness (QED) is 0.292. The third-order valence-corrected chi connectivity index (χ3v) is 6.79. The average Bonchev–Trinajstić information content (AvgIpc) is 2.88. The molecule has 0 saturated heterocycles. The van der Waals surface area contributed by atoms with Crippen molar-refractivity contribution in [3.63, 3.8) is 0 Å². The minimum Gasteiger partial charge on any atom is -0.383 e. The number of pyridine rings is 3. The largest absolute Gasteiger partial charge is 0.383 e. The van der Waals surface area contributed by atoms with Crippen molar-refractivity contribution in [2.45, 2.75) is 18.7 Å². The van der Waals surface area contributed by atoms with Gasteiger partial charge in [-0.2, -0.15) is 0 Å². The lowest BCUT2D eigenvalue weighted by atomic mass is 10.1. The van der Waals surface area contributed by atoms with Crippen LogP contribution in [0.15, 0.2) is 78.1 Å². The summed E-state index contributed by atoms with van der Waals surface area (Å²) in [6, 6.07) is 15.3. The van der Waals surface area contributed by atoms with Crippen LogP contribution in [0.4, 0.5) is 23.3 Å². The molecule has 11 heteroatoms. The zero-order valence-corrected chi connectivity index (χ0v) is 21.3. The Bertz CT molecular complexity index is 1810. The molecule has 0 saturated carbocycles. The molecule has 38 heavy (non-hydrogen) atoms. The van der Waals surface area contributed by atoms with Crippen molar-refractivity contribution in [3.05, 3.63) is 95.8 Å². The standard InChI is InChI=1S/C27H22N8O2S/c1-17-14-18(2)33-27(32-17)35-38(36,37)22-8-6-21(7-9-22)34-25-15-23-20(16-31-25)11-13-29-24(23)10-5-19-4-3-12-30-26(19)28/h3-4,6-9,11-16H,1-2H3,(H2,28,30)(H,31,34)(H,32,33,35). The van der Waals surface area contributed by atoms with E-state index >= 15 is 0 Å². The third kappa shape index (κ3) is 5.50. The first-order valence-electron chi connectivity index (χ1n) is 11.5. The number of benzene rings is 1. The Morgan fingerprint density at radius 1 is 0.868 bits per heavy atom. The van der Waals surface area contributed by atoms with Crippen LogP contribution in [0, 0.1) is 25.7 Å². The molecule has 0 radical (unpaired) electrons. The molecule has 5 aromatic rings. The molecule has 4 aromatic heterocycles. The highest BCUT2D eigenvalue weighted by atomic mass is 32.2. The minimum absolute atomic E-state index is 0.0313. The average molecular weight is 523 g/mol. The fourth-order valence-corrected chi connectivity index (χ4v) is 4.64. The first-order valence-corrected chi connectivity index (χ1v) is 12.9. The van der Waals surface area contributed by atoms with Gasteiger partial charge in [0.1, 0.15) is 17.3 Å². The van der Waals surface area contributed by atoms with Gasteiger partial charge in [0.05, 0.1) is 10.5 Å². The first kappa shape index (κ1) is 24.6. The summed E-state index contributed by atoms with van der Waals surface area (Å²) in [5.74, 6) is 7.02. The first-order chi connectivity index (χ1) is 18.3. The number of hydrogen-bond donors (Lipinski definition) is 3. The maximum absolute atomic E-state index is 12.8. The maximum atomic E-state index is 12.8. The van der Waals surface area contributed by atoms with E-state index in [0.717, 1.165) is 10.8 Å². The van der Waals surface area contributed by atoms with E-state index in [9.17, 15) is 8.42 Å². The number of anilines is 4. The number of nitrogens with two attached hydrogens (primary N) is 1. The van der Waals surface area contributed by atoms with Crippen LogP contribution in [0.3, 0.4) is 0 Å². The zero-order chi connectivity index (χ0) is 26.7. The van der Waals surface area contributed by atoms with E-state index in [1.807, 2.05) is 12.1 Å². The molecular weight excluding hydrogens is 500 g/mol. The summed E-state index contributed by atoms with van der Waals surface area (Å²) in [4.78, 5) is 21.3. The van der Waals surface area contributed by atoms with Crippen molar-refractivity contribution < 1.29 is 8.42 Å². The maximum Gasteiger partial charge on any atom is 0.264 e. The van der Waals surface area contributed by atoms with Gasteiger partial charge >= 0.3 is 0 Å². The van der Waals surface area contributed by atoms with Crippen LogP contribution in [0.2, 0.25) is 0 Å². The van der Waals surface area contributed by atoms with Gasteiger partial charge in [-0.1, -0.05) is 5.92 Å². The van der Waals surface area contributed by atoms with Crippen molar-refractivity contribution in [2.24, 2.45) is 0 Å². The normalized spacial score (nSPS) is 11.0. The lowest BCUT2D eigenvalue weighted by Crippen LogP contribution is -2.15. The highest BCUT2D eigenvalue weighted by Crippen LogP contribution is 2.23. The number of nitrogen functional groups attached to an aromatic ring is 1. The molecule has 0 aliphatic rings. The number of aromatic nitrogens is 5. The molecule has 188 valence electrons. The van der Waals surface area contributed by atoms with E-state index in [-0.39, 0.29) is 10.8 Å². The molecule has 0 spiro atoms. The van der Waals surface area contributed by atoms with Gasteiger partial charge in [0.25, 0.3) is 10.0 Å². The molecule has 4 heterocycles. The van der Waals surface area contributed by atoms with E-state index in [2.05, 4.69) is 46.8 Å². The second kappa shape index (κ2) is 10.1. The van der Waals surface area contributed by atoms with Gasteiger partial charge in [-0.3, -0.25) is 0 Å². The van der Waals surface area contributed by atoms with Crippen LogP contribution in [0.5, 0.6) is 0 Å². The van der Waals surface area contributed by atoms with Gasteiger partial charge in [0.2, 0.25) is 5.95 Å². The van der Waals surface area contributed by atoms with Gasteiger partial charge in [-0.25, -0.2) is 38.1 Å². The van der Waals surface area contributed by atoms with Crippen molar-refractivity contribution in [3.8, 4) is 11.8 Å². The molecule has 0 aliphatic carbocycles. The molecule has 5 rings (SSSR count). The van der Waals surface area contributed by atoms with Crippen LogP contribution in [0.1, 0.15) is 22.6 Å². The Morgan fingerprint density at radius 2 is 1.63 bits per heavy atom. The van der Waals surface area contributed by atoms with Crippen molar-refractivity contribution in [2.75, 3.05) is 15.8 Å². The lowest BCUT2D eigenvalue weighted by Gasteiger charge is -2.10. The molecule has 10 nitrogen and oxygen atoms in total. The van der Waals surface area contributed by atoms with Gasteiger partial charge in [-0.15, -0.1) is 0 Å². The lowest BCUT2D eigenvalue weighted by molar-refractivity contribution is 0.601. The highest BCUT2D eigenvalue weighted by Gasteiger charge is 2.16. The number of aryl methyl sites for hydroxylation is 2. The molecule has 1 aromatic carbocycles. The molecule has 0 fully saturated rings. The Labute approximate surface area is 219 Å². The van der Waals surface area contributed by atoms with Crippen LogP contribution in [-0.2, 0) is 10.0 Å². The second-order valence-corrected chi connectivity index (χ2v) is 10.0. The molecule has 0 bridgehead atoms. The molecular formula is C27H22N8O2S. The monoisotopic (exact) mass is 522 g/mol. The minimum atomic E-state index is -3.86. The highest BCUT2D eigenvalue weighted by molar-refractivity contribution is 7.92. The van der Waals surface area contributed by atoms with Crippen molar-refractivity contribution in [1.82, 2.24) is 24.9 Å². The topological polar surface area (TPSA) is 149 Å². The van der Waals surface area contributed by atoms with E-state index in [1.165, 1.54) is 12.1 Å². The Morgan fingerprint density at radius 3 is 2.37 bits per heavy atom. The molecule has 4 N–H and O–H groups in total. The van der Waals surface area contributed by atoms with Gasteiger partial charge in [-0.05, 0) is 74.4 Å². The van der Waals surface area contributed by atoms with E-state index < -0.39 is 10.0 Å². The molecule has 0 amide bonds. The summed E-state index contributed by atoms with van der Waals surface area (Å²) in [6.07, 6.45) is 5.00. The predicted octanol–water partition coefficient (Wildman–Crippen LogP) is 3.96. The summed E-state index contributed by atoms with van der Waals surface area (Å²) >= 11 is 0. The Balaban J connectivity index is 1.37. The SMILES string of the molecule is Cc1cc(C)nc(NS(=O)(=O)c2ccc(Nc3cc4c(C#Cc5cccnc5N)nccc4cn3)cc2)n1. The third-order valence-electron chi connectivity index (χ3n) is 5.45. The zero-order valence-electron chi connectivity index (χ0n) is 20.5. The van der Waals surface area contributed by atoms with Gasteiger partial charge < -0.3 is 11.1 Å². The number of hydrogen-bond acceptors (Lipinski definition) is 9. The number of rotatable bonds is 5. The Kier molecular flexibility index (Phi) is 6.55. The van der Waals surface area contributed by atoms with Gasteiger partial charge in [0, 0.05) is 46.4 Å². The molecule has 0 unspecified atom stereocenters. The van der Waals surface area contributed by atoms with Gasteiger partial charge in [0.15, 0.2) is 0 Å². The Hall–Kier alpha value is -5.08. The van der Waals surface area contributed by atoms with E-state index in [0.29, 0.717) is 40.0 Å². The molecule has 0 atom stereocenters.